The lowest BCUT2D eigenvalue weighted by atomic mass is 10.1. The van der Waals surface area contributed by atoms with E-state index in [1.54, 1.807) is 36.4 Å². The zero-order chi connectivity index (χ0) is 13.0. The van der Waals surface area contributed by atoms with Crippen molar-refractivity contribution >= 4 is 5.78 Å². The molecule has 0 aliphatic rings. The Hall–Kier alpha value is -2.11. The number of carbonyl (C=O) groups excluding carboxylic acids is 1. The van der Waals surface area contributed by atoms with Crippen LogP contribution in [0.2, 0.25) is 0 Å². The highest BCUT2D eigenvalue weighted by Gasteiger charge is 2.12. The second-order valence-electron chi connectivity index (χ2n) is 3.67. The topological polar surface area (TPSA) is 83.3 Å². The second kappa shape index (κ2) is 5.48. The van der Waals surface area contributed by atoms with Gasteiger partial charge < -0.3 is 10.2 Å². The summed E-state index contributed by atoms with van der Waals surface area (Å²) in [5, 5.41) is 17.9. The van der Waals surface area contributed by atoms with Gasteiger partial charge in [-0.1, -0.05) is 12.1 Å². The molecule has 5 heteroatoms. The quantitative estimate of drug-likeness (QED) is 0.773. The molecule has 5 nitrogen and oxygen atoms in total. The third-order valence-corrected chi connectivity index (χ3v) is 2.40. The van der Waals surface area contributed by atoms with Gasteiger partial charge in [0, 0.05) is 0 Å². The molecule has 2 N–H and O–H groups in total. The van der Waals surface area contributed by atoms with Crippen molar-refractivity contribution in [3.05, 3.63) is 59.2 Å². The first-order valence-electron chi connectivity index (χ1n) is 5.43. The summed E-state index contributed by atoms with van der Waals surface area (Å²) in [6.07, 6.45) is 0. The molecule has 2 rings (SSSR count). The van der Waals surface area contributed by atoms with Crippen LogP contribution in [-0.2, 0) is 13.2 Å². The molecule has 2 heterocycles. The molecular formula is C13H12N2O3. The molecule has 0 fully saturated rings. The number of hydrogen-bond donors (Lipinski definition) is 2. The average Bonchev–Trinajstić information content (AvgIpc) is 2.46. The molecule has 0 atom stereocenters. The Morgan fingerprint density at radius 1 is 0.889 bits per heavy atom. The minimum absolute atomic E-state index is 0.217. The van der Waals surface area contributed by atoms with Gasteiger partial charge in [-0.05, 0) is 24.3 Å². The van der Waals surface area contributed by atoms with Crippen LogP contribution in [0.25, 0.3) is 0 Å². The number of nitrogens with zero attached hydrogens (tertiary/aromatic N) is 2. The van der Waals surface area contributed by atoms with Gasteiger partial charge in [0.25, 0.3) is 0 Å². The minimum atomic E-state index is -0.333. The van der Waals surface area contributed by atoms with Crippen molar-refractivity contribution in [2.24, 2.45) is 0 Å². The molecule has 0 amide bonds. The van der Waals surface area contributed by atoms with Gasteiger partial charge in [-0.25, -0.2) is 9.97 Å². The highest BCUT2D eigenvalue weighted by molar-refractivity contribution is 6.06. The molecule has 0 aliphatic carbocycles. The van der Waals surface area contributed by atoms with Crippen LogP contribution < -0.4 is 0 Å². The van der Waals surface area contributed by atoms with Crippen LogP contribution >= 0.6 is 0 Å². The minimum Gasteiger partial charge on any atom is -0.390 e. The van der Waals surface area contributed by atoms with Crippen molar-refractivity contribution in [1.29, 1.82) is 0 Å². The fourth-order valence-electron chi connectivity index (χ4n) is 1.52. The summed E-state index contributed by atoms with van der Waals surface area (Å²) in [6.45, 7) is -0.434. The van der Waals surface area contributed by atoms with Gasteiger partial charge in [-0.15, -0.1) is 0 Å². The summed E-state index contributed by atoms with van der Waals surface area (Å²) in [4.78, 5) is 20.1. The van der Waals surface area contributed by atoms with E-state index in [0.29, 0.717) is 11.4 Å². The third kappa shape index (κ3) is 2.58. The van der Waals surface area contributed by atoms with Crippen molar-refractivity contribution in [2.75, 3.05) is 0 Å². The van der Waals surface area contributed by atoms with E-state index in [1.807, 2.05) is 0 Å². The summed E-state index contributed by atoms with van der Waals surface area (Å²) in [6, 6.07) is 9.70. The summed E-state index contributed by atoms with van der Waals surface area (Å²) in [5.41, 5.74) is 1.31. The van der Waals surface area contributed by atoms with Crippen molar-refractivity contribution in [2.45, 2.75) is 13.2 Å². The lowest BCUT2D eigenvalue weighted by Gasteiger charge is -2.03. The molecule has 0 saturated heterocycles. The van der Waals surface area contributed by atoms with E-state index in [4.69, 9.17) is 10.2 Å². The molecule has 0 aromatic carbocycles. The van der Waals surface area contributed by atoms with Crippen LogP contribution in [0.5, 0.6) is 0 Å². The Bertz CT molecular complexity index is 520. The standard InChI is InChI=1S/C13H12N2O3/c16-7-9-3-1-5-11(14-9)13(18)12-6-2-4-10(8-17)15-12/h1-6,16-17H,7-8H2. The maximum atomic E-state index is 12.1. The second-order valence-corrected chi connectivity index (χ2v) is 3.67. The Morgan fingerprint density at radius 3 is 1.72 bits per heavy atom. The molecule has 18 heavy (non-hydrogen) atoms. The van der Waals surface area contributed by atoms with Gasteiger partial charge in [-0.2, -0.15) is 0 Å². The summed E-state index contributed by atoms with van der Waals surface area (Å²) in [5.74, 6) is -0.333. The average molecular weight is 244 g/mol. The number of carbonyl (C=O) groups is 1. The van der Waals surface area contributed by atoms with E-state index in [-0.39, 0.29) is 30.4 Å². The highest BCUT2D eigenvalue weighted by Crippen LogP contribution is 2.08. The molecule has 0 unspecified atom stereocenters. The van der Waals surface area contributed by atoms with Crippen LogP contribution in [0.3, 0.4) is 0 Å². The lowest BCUT2D eigenvalue weighted by Crippen LogP contribution is -2.08. The van der Waals surface area contributed by atoms with Crippen molar-refractivity contribution in [3.63, 3.8) is 0 Å². The number of rotatable bonds is 4. The number of hydrogen-bond acceptors (Lipinski definition) is 5. The number of aromatic nitrogens is 2. The van der Waals surface area contributed by atoms with Crippen molar-refractivity contribution in [1.82, 2.24) is 9.97 Å². The van der Waals surface area contributed by atoms with Crippen LogP contribution in [0, 0.1) is 0 Å². The first kappa shape index (κ1) is 12.3. The molecule has 92 valence electrons. The van der Waals surface area contributed by atoms with E-state index in [9.17, 15) is 4.79 Å². The summed E-state index contributed by atoms with van der Waals surface area (Å²) < 4.78 is 0. The van der Waals surface area contributed by atoms with Crippen molar-refractivity contribution < 1.29 is 15.0 Å². The Labute approximate surface area is 104 Å². The first-order chi connectivity index (χ1) is 8.74. The lowest BCUT2D eigenvalue weighted by molar-refractivity contribution is 0.102. The van der Waals surface area contributed by atoms with E-state index < -0.39 is 0 Å². The third-order valence-electron chi connectivity index (χ3n) is 2.40. The van der Waals surface area contributed by atoms with Crippen LogP contribution in [0.4, 0.5) is 0 Å². The Balaban J connectivity index is 2.34. The van der Waals surface area contributed by atoms with E-state index in [1.165, 1.54) is 0 Å². The largest absolute Gasteiger partial charge is 0.390 e. The number of pyridine rings is 2. The van der Waals surface area contributed by atoms with Gasteiger partial charge in [-0.3, -0.25) is 4.79 Å². The molecule has 0 spiro atoms. The number of aliphatic hydroxyl groups is 2. The fraction of sp³-hybridized carbons (Fsp3) is 0.154. The van der Waals surface area contributed by atoms with Gasteiger partial charge in [0.2, 0.25) is 5.78 Å². The zero-order valence-electron chi connectivity index (χ0n) is 9.58. The zero-order valence-corrected chi connectivity index (χ0v) is 9.58. The predicted molar refractivity (Wildman–Crippen MR) is 63.8 cm³/mol. The van der Waals surface area contributed by atoms with E-state index in [2.05, 4.69) is 9.97 Å². The molecule has 0 radical (unpaired) electrons. The maximum absolute atomic E-state index is 12.1. The summed E-state index contributed by atoms with van der Waals surface area (Å²) in [7, 11) is 0. The number of aliphatic hydroxyl groups excluding tert-OH is 2. The van der Waals surface area contributed by atoms with E-state index in [0.717, 1.165) is 0 Å². The molecular weight excluding hydrogens is 232 g/mol. The highest BCUT2D eigenvalue weighted by atomic mass is 16.3. The van der Waals surface area contributed by atoms with E-state index >= 15 is 0 Å². The van der Waals surface area contributed by atoms with Gasteiger partial charge >= 0.3 is 0 Å². The molecule has 0 saturated carbocycles. The Kier molecular flexibility index (Phi) is 3.76. The SMILES string of the molecule is O=C(c1cccc(CO)n1)c1cccc(CO)n1. The van der Waals surface area contributed by atoms with Crippen LogP contribution in [0.1, 0.15) is 27.6 Å². The Morgan fingerprint density at radius 2 is 1.33 bits per heavy atom. The first-order valence-corrected chi connectivity index (χ1v) is 5.43. The summed E-state index contributed by atoms with van der Waals surface area (Å²) >= 11 is 0. The van der Waals surface area contributed by atoms with Crippen LogP contribution in [-0.4, -0.2) is 26.0 Å². The van der Waals surface area contributed by atoms with Gasteiger partial charge in [0.05, 0.1) is 24.6 Å². The van der Waals surface area contributed by atoms with Gasteiger partial charge in [0.1, 0.15) is 11.4 Å². The molecule has 0 aliphatic heterocycles. The molecule has 0 bridgehead atoms. The fourth-order valence-corrected chi connectivity index (χ4v) is 1.52. The smallest absolute Gasteiger partial charge is 0.229 e. The van der Waals surface area contributed by atoms with Gasteiger partial charge in [0.15, 0.2) is 0 Å². The number of ketones is 1. The molecule has 2 aromatic rings. The van der Waals surface area contributed by atoms with Crippen LogP contribution in [0.15, 0.2) is 36.4 Å². The normalized spacial score (nSPS) is 10.3. The molecule has 2 aromatic heterocycles. The monoisotopic (exact) mass is 244 g/mol. The predicted octanol–water partition coefficient (Wildman–Crippen LogP) is 0.692. The maximum Gasteiger partial charge on any atom is 0.229 e. The van der Waals surface area contributed by atoms with Crippen molar-refractivity contribution in [3.8, 4) is 0 Å².